The zero-order valence-corrected chi connectivity index (χ0v) is 13.2. The lowest BCUT2D eigenvalue weighted by Crippen LogP contribution is -2.38. The zero-order chi connectivity index (χ0) is 14.4. The Morgan fingerprint density at radius 3 is 2.26 bits per heavy atom. The molecule has 1 aromatic carbocycles. The van der Waals surface area contributed by atoms with Gasteiger partial charge < -0.3 is 10.6 Å². The Morgan fingerprint density at radius 2 is 1.79 bits per heavy atom. The molecule has 0 amide bonds. The molecule has 1 rings (SSSR count). The number of rotatable bonds is 7. The molecule has 0 saturated carbocycles. The van der Waals surface area contributed by atoms with Gasteiger partial charge in [0.1, 0.15) is 0 Å². The second-order valence-corrected chi connectivity index (χ2v) is 5.85. The van der Waals surface area contributed by atoms with E-state index in [1.165, 1.54) is 29.7 Å². The predicted molar refractivity (Wildman–Crippen MR) is 85.6 cm³/mol. The van der Waals surface area contributed by atoms with Crippen LogP contribution in [0.3, 0.4) is 0 Å². The molecule has 0 fully saturated rings. The largest absolute Gasteiger partial charge is 0.368 e. The number of benzene rings is 1. The van der Waals surface area contributed by atoms with Gasteiger partial charge in [0, 0.05) is 24.8 Å². The van der Waals surface area contributed by atoms with Crippen molar-refractivity contribution in [2.24, 2.45) is 11.7 Å². The Balaban J connectivity index is 3.18. The van der Waals surface area contributed by atoms with Gasteiger partial charge in [-0.2, -0.15) is 0 Å². The van der Waals surface area contributed by atoms with Crippen LogP contribution in [0.15, 0.2) is 18.2 Å². The van der Waals surface area contributed by atoms with Gasteiger partial charge in [0.05, 0.1) is 0 Å². The summed E-state index contributed by atoms with van der Waals surface area (Å²) in [5, 5.41) is 0. The number of nitrogens with two attached hydrogens (primary N) is 1. The van der Waals surface area contributed by atoms with Gasteiger partial charge in [-0.3, -0.25) is 0 Å². The van der Waals surface area contributed by atoms with Crippen molar-refractivity contribution in [3.63, 3.8) is 0 Å². The Hall–Kier alpha value is -1.02. The molecule has 0 aliphatic heterocycles. The van der Waals surface area contributed by atoms with E-state index in [4.69, 9.17) is 5.73 Å². The molecule has 0 aromatic heterocycles. The third-order valence-corrected chi connectivity index (χ3v) is 3.72. The van der Waals surface area contributed by atoms with Crippen LogP contribution in [0.5, 0.6) is 0 Å². The zero-order valence-electron chi connectivity index (χ0n) is 13.2. The number of anilines is 1. The van der Waals surface area contributed by atoms with Crippen molar-refractivity contribution in [2.45, 2.75) is 60.0 Å². The minimum absolute atomic E-state index is 0.606. The molecule has 2 nitrogen and oxygen atoms in total. The van der Waals surface area contributed by atoms with Crippen molar-refractivity contribution in [3.8, 4) is 0 Å². The minimum atomic E-state index is 0.606. The summed E-state index contributed by atoms with van der Waals surface area (Å²) in [6.07, 6.45) is 2.36. The summed E-state index contributed by atoms with van der Waals surface area (Å²) in [7, 11) is 0. The lowest BCUT2D eigenvalue weighted by atomic mass is 10.0. The fraction of sp³-hybridized carbons (Fsp3) is 0.647. The summed E-state index contributed by atoms with van der Waals surface area (Å²) in [4.78, 5) is 2.57. The normalized spacial score (nSPS) is 11.4. The smallest absolute Gasteiger partial charge is 0.0417 e. The van der Waals surface area contributed by atoms with Crippen molar-refractivity contribution in [3.05, 3.63) is 29.3 Å². The maximum absolute atomic E-state index is 5.93. The summed E-state index contributed by atoms with van der Waals surface area (Å²) in [6.45, 7) is 13.0. The van der Waals surface area contributed by atoms with Crippen molar-refractivity contribution in [1.29, 1.82) is 0 Å². The highest BCUT2D eigenvalue weighted by Crippen LogP contribution is 2.27. The van der Waals surface area contributed by atoms with Crippen molar-refractivity contribution < 1.29 is 0 Å². The molecular formula is C17H30N2. The molecule has 0 radical (unpaired) electrons. The maximum Gasteiger partial charge on any atom is 0.0417 e. The Kier molecular flexibility index (Phi) is 6.36. The first kappa shape index (κ1) is 16.0. The second kappa shape index (κ2) is 7.54. The van der Waals surface area contributed by atoms with E-state index in [-0.39, 0.29) is 0 Å². The summed E-state index contributed by atoms with van der Waals surface area (Å²) in [5.74, 6) is 0.659. The highest BCUT2D eigenvalue weighted by Gasteiger charge is 2.19. The van der Waals surface area contributed by atoms with Crippen LogP contribution >= 0.6 is 0 Å². The summed E-state index contributed by atoms with van der Waals surface area (Å²) >= 11 is 0. The Morgan fingerprint density at radius 1 is 1.16 bits per heavy atom. The standard InChI is InChI=1S/C17H30N2/c1-6-16(7-2)19(12-13(3)4)17-10-14(5)8-9-15(17)11-18/h8-10,13,16H,6-7,11-12,18H2,1-5H3. The Labute approximate surface area is 119 Å². The van der Waals surface area contributed by atoms with Crippen LogP contribution in [0.25, 0.3) is 0 Å². The molecule has 0 spiro atoms. The number of hydrogen-bond acceptors (Lipinski definition) is 2. The van der Waals surface area contributed by atoms with Gasteiger partial charge in [-0.05, 0) is 42.9 Å². The van der Waals surface area contributed by atoms with E-state index in [0.29, 0.717) is 18.5 Å². The van der Waals surface area contributed by atoms with Crippen LogP contribution in [0.2, 0.25) is 0 Å². The topological polar surface area (TPSA) is 29.3 Å². The van der Waals surface area contributed by atoms with Crippen molar-refractivity contribution in [1.82, 2.24) is 0 Å². The van der Waals surface area contributed by atoms with Gasteiger partial charge in [0.15, 0.2) is 0 Å². The summed E-state index contributed by atoms with van der Waals surface area (Å²) in [6, 6.07) is 7.24. The molecule has 1 aromatic rings. The Bertz CT molecular complexity index is 381. The maximum atomic E-state index is 5.93. The lowest BCUT2D eigenvalue weighted by Gasteiger charge is -2.35. The molecule has 0 unspecified atom stereocenters. The first-order valence-electron chi connectivity index (χ1n) is 7.59. The third kappa shape index (κ3) is 4.24. The van der Waals surface area contributed by atoms with Crippen molar-refractivity contribution in [2.75, 3.05) is 11.4 Å². The number of hydrogen-bond donors (Lipinski definition) is 1. The molecule has 0 atom stereocenters. The van der Waals surface area contributed by atoms with E-state index in [0.717, 1.165) is 6.54 Å². The van der Waals surface area contributed by atoms with Gasteiger partial charge >= 0.3 is 0 Å². The van der Waals surface area contributed by atoms with E-state index in [2.05, 4.69) is 57.7 Å². The average molecular weight is 262 g/mol. The van der Waals surface area contributed by atoms with Crippen LogP contribution in [0.1, 0.15) is 51.7 Å². The highest BCUT2D eigenvalue weighted by molar-refractivity contribution is 5.56. The van der Waals surface area contributed by atoms with Crippen LogP contribution < -0.4 is 10.6 Å². The van der Waals surface area contributed by atoms with E-state index < -0.39 is 0 Å². The summed E-state index contributed by atoms with van der Waals surface area (Å²) in [5.41, 5.74) is 9.84. The molecule has 0 aliphatic carbocycles. The monoisotopic (exact) mass is 262 g/mol. The predicted octanol–water partition coefficient (Wildman–Crippen LogP) is 4.10. The van der Waals surface area contributed by atoms with Gasteiger partial charge in [-0.1, -0.05) is 39.8 Å². The second-order valence-electron chi connectivity index (χ2n) is 5.85. The molecule has 2 N–H and O–H groups in total. The molecule has 19 heavy (non-hydrogen) atoms. The molecule has 0 bridgehead atoms. The first-order chi connectivity index (χ1) is 9.03. The van der Waals surface area contributed by atoms with Crippen LogP contribution in [-0.2, 0) is 6.54 Å². The van der Waals surface area contributed by atoms with E-state index in [1.807, 2.05) is 0 Å². The molecule has 108 valence electrons. The number of nitrogens with zero attached hydrogens (tertiary/aromatic N) is 1. The van der Waals surface area contributed by atoms with Crippen LogP contribution in [-0.4, -0.2) is 12.6 Å². The average Bonchev–Trinajstić information content (AvgIpc) is 2.38. The van der Waals surface area contributed by atoms with Gasteiger partial charge in [-0.15, -0.1) is 0 Å². The van der Waals surface area contributed by atoms with E-state index in [1.54, 1.807) is 0 Å². The molecule has 0 heterocycles. The third-order valence-electron chi connectivity index (χ3n) is 3.72. The molecule has 0 aliphatic rings. The van der Waals surface area contributed by atoms with Gasteiger partial charge in [0.2, 0.25) is 0 Å². The molecule has 0 saturated heterocycles. The van der Waals surface area contributed by atoms with Gasteiger partial charge in [0.25, 0.3) is 0 Å². The van der Waals surface area contributed by atoms with E-state index >= 15 is 0 Å². The van der Waals surface area contributed by atoms with Crippen LogP contribution in [0, 0.1) is 12.8 Å². The first-order valence-corrected chi connectivity index (χ1v) is 7.59. The van der Waals surface area contributed by atoms with E-state index in [9.17, 15) is 0 Å². The quantitative estimate of drug-likeness (QED) is 0.801. The van der Waals surface area contributed by atoms with Gasteiger partial charge in [-0.25, -0.2) is 0 Å². The number of aryl methyl sites for hydroxylation is 1. The van der Waals surface area contributed by atoms with Crippen LogP contribution in [0.4, 0.5) is 5.69 Å². The van der Waals surface area contributed by atoms with Crippen molar-refractivity contribution >= 4 is 5.69 Å². The highest BCUT2D eigenvalue weighted by atomic mass is 15.2. The molecule has 2 heteroatoms. The lowest BCUT2D eigenvalue weighted by molar-refractivity contribution is 0.506. The fourth-order valence-electron chi connectivity index (χ4n) is 2.68. The SMILES string of the molecule is CCC(CC)N(CC(C)C)c1cc(C)ccc1CN. The molecular weight excluding hydrogens is 232 g/mol. The summed E-state index contributed by atoms with van der Waals surface area (Å²) < 4.78 is 0. The fourth-order valence-corrected chi connectivity index (χ4v) is 2.68. The minimum Gasteiger partial charge on any atom is -0.368 e.